The molecule has 0 aromatic heterocycles. The lowest BCUT2D eigenvalue weighted by molar-refractivity contribution is -0.168. The van der Waals surface area contributed by atoms with Crippen molar-refractivity contribution in [2.24, 2.45) is 11.1 Å². The fraction of sp³-hybridized carbons (Fsp3) is 0.679. The van der Waals surface area contributed by atoms with Crippen molar-refractivity contribution in [2.45, 2.75) is 102 Å². The molecule has 3 saturated carbocycles. The molecular formula is C28H41FN2O3. The third-order valence-electron chi connectivity index (χ3n) is 8.40. The molecule has 5 rings (SSSR count). The van der Waals surface area contributed by atoms with Gasteiger partial charge >= 0.3 is 0 Å². The summed E-state index contributed by atoms with van der Waals surface area (Å²) in [5.41, 5.74) is 6.71. The van der Waals surface area contributed by atoms with Crippen molar-refractivity contribution >= 4 is 5.91 Å². The maximum atomic E-state index is 13.5. The molecule has 1 aromatic carbocycles. The Morgan fingerprint density at radius 2 is 1.62 bits per heavy atom. The van der Waals surface area contributed by atoms with Gasteiger partial charge in [0.05, 0.1) is 17.5 Å². The van der Waals surface area contributed by atoms with Crippen LogP contribution in [0.5, 0.6) is 5.75 Å². The third-order valence-corrected chi connectivity index (χ3v) is 8.40. The molecule has 1 amide bonds. The zero-order valence-electron chi connectivity index (χ0n) is 21.2. The van der Waals surface area contributed by atoms with Crippen molar-refractivity contribution in [2.75, 3.05) is 13.2 Å². The van der Waals surface area contributed by atoms with Crippen LogP contribution in [-0.4, -0.2) is 36.3 Å². The highest BCUT2D eigenvalue weighted by Gasteiger charge is 2.53. The predicted molar refractivity (Wildman–Crippen MR) is 132 cm³/mol. The molecule has 0 atom stereocenters. The minimum absolute atomic E-state index is 0.143. The highest BCUT2D eigenvalue weighted by atomic mass is 19.1. The largest absolute Gasteiger partial charge is 0.489 e. The molecule has 4 fully saturated rings. The molecule has 1 aliphatic heterocycles. The summed E-state index contributed by atoms with van der Waals surface area (Å²) in [7, 11) is 0. The van der Waals surface area contributed by atoms with E-state index in [0.29, 0.717) is 11.9 Å². The molecular weight excluding hydrogens is 431 g/mol. The van der Waals surface area contributed by atoms with Crippen molar-refractivity contribution in [3.8, 4) is 5.75 Å². The molecule has 34 heavy (non-hydrogen) atoms. The second-order valence-corrected chi connectivity index (χ2v) is 12.0. The number of nitrogens with two attached hydrogens (primary N) is 1. The van der Waals surface area contributed by atoms with Gasteiger partial charge in [-0.15, -0.1) is 0 Å². The molecule has 3 aliphatic carbocycles. The van der Waals surface area contributed by atoms with E-state index >= 15 is 0 Å². The second-order valence-electron chi connectivity index (χ2n) is 12.0. The zero-order valence-corrected chi connectivity index (χ0v) is 21.2. The first-order chi connectivity index (χ1) is 16.0. The highest BCUT2D eigenvalue weighted by Crippen LogP contribution is 2.58. The number of fused-ring (bicyclic) bond motifs is 3. The first-order valence-corrected chi connectivity index (χ1v) is 12.7. The highest BCUT2D eigenvalue weighted by molar-refractivity contribution is 5.83. The van der Waals surface area contributed by atoms with Gasteiger partial charge in [0, 0.05) is 23.6 Å². The summed E-state index contributed by atoms with van der Waals surface area (Å²) >= 11 is 0. The fourth-order valence-electron chi connectivity index (χ4n) is 6.71. The lowest BCUT2D eigenvalue weighted by Gasteiger charge is -2.53. The molecule has 2 bridgehead atoms. The van der Waals surface area contributed by atoms with E-state index in [0.717, 1.165) is 57.1 Å². The summed E-state index contributed by atoms with van der Waals surface area (Å²) in [6.07, 6.45) is 8.14. The van der Waals surface area contributed by atoms with E-state index in [4.69, 9.17) is 15.2 Å². The number of amides is 1. The van der Waals surface area contributed by atoms with Crippen molar-refractivity contribution < 1.29 is 18.7 Å². The summed E-state index contributed by atoms with van der Waals surface area (Å²) in [5, 5.41) is 3.43. The number of carbonyl (C=O) groups is 1. The van der Waals surface area contributed by atoms with E-state index in [9.17, 15) is 9.18 Å². The maximum absolute atomic E-state index is 13.5. The Balaban J connectivity index is 1.37. The van der Waals surface area contributed by atoms with Gasteiger partial charge < -0.3 is 20.5 Å². The standard InChI is InChI=1S/C28H41FN2O3/c1-25(2)15-22(16-26(3,4)34-25)31-24(32)28-12-9-27(10-13-28,11-14-28)21-5-7-23(8-6-21)33-19-20(17-29)18-30/h5-8,17,22H,9-16,18-19,30H2,1-4H3,(H,31,32). The van der Waals surface area contributed by atoms with Gasteiger partial charge in [0.15, 0.2) is 0 Å². The summed E-state index contributed by atoms with van der Waals surface area (Å²) in [5.74, 6) is 0.968. The van der Waals surface area contributed by atoms with Gasteiger partial charge in [-0.3, -0.25) is 4.79 Å². The predicted octanol–water partition coefficient (Wildman–Crippen LogP) is 5.32. The van der Waals surface area contributed by atoms with Crippen LogP contribution in [0.25, 0.3) is 0 Å². The quantitative estimate of drug-likeness (QED) is 0.563. The third kappa shape index (κ3) is 5.18. The van der Waals surface area contributed by atoms with Crippen LogP contribution in [0.2, 0.25) is 0 Å². The average Bonchev–Trinajstić information content (AvgIpc) is 2.79. The molecule has 188 valence electrons. The van der Waals surface area contributed by atoms with E-state index < -0.39 is 0 Å². The Labute approximate surface area is 203 Å². The van der Waals surface area contributed by atoms with Crippen LogP contribution >= 0.6 is 0 Å². The SMILES string of the molecule is CC1(C)CC(NC(=O)C23CCC(c4ccc(OCC(=CF)CN)cc4)(CC2)CC3)CC(C)(C)O1. The van der Waals surface area contributed by atoms with Gasteiger partial charge in [0.1, 0.15) is 12.4 Å². The van der Waals surface area contributed by atoms with Gasteiger partial charge in [-0.25, -0.2) is 4.39 Å². The molecule has 6 heteroatoms. The van der Waals surface area contributed by atoms with E-state index in [1.165, 1.54) is 5.56 Å². The van der Waals surface area contributed by atoms with E-state index in [1.807, 2.05) is 12.1 Å². The van der Waals surface area contributed by atoms with Crippen molar-refractivity contribution in [3.05, 3.63) is 41.7 Å². The molecule has 1 saturated heterocycles. The van der Waals surface area contributed by atoms with Crippen LogP contribution in [0, 0.1) is 5.41 Å². The van der Waals surface area contributed by atoms with Crippen LogP contribution < -0.4 is 15.8 Å². The Morgan fingerprint density at radius 3 is 2.12 bits per heavy atom. The molecule has 0 radical (unpaired) electrons. The Morgan fingerprint density at radius 1 is 1.06 bits per heavy atom. The first-order valence-electron chi connectivity index (χ1n) is 12.7. The summed E-state index contributed by atoms with van der Waals surface area (Å²) < 4.78 is 24.6. The number of carbonyl (C=O) groups excluding carboxylic acids is 1. The van der Waals surface area contributed by atoms with Crippen molar-refractivity contribution in [3.63, 3.8) is 0 Å². The number of hydrogen-bond donors (Lipinski definition) is 2. The lowest BCUT2D eigenvalue weighted by Crippen LogP contribution is -2.57. The minimum atomic E-state index is -0.227. The number of nitrogens with one attached hydrogen (secondary N) is 1. The number of benzene rings is 1. The molecule has 1 aromatic rings. The van der Waals surface area contributed by atoms with Crippen LogP contribution in [0.15, 0.2) is 36.2 Å². The summed E-state index contributed by atoms with van der Waals surface area (Å²) in [6.45, 7) is 8.78. The second kappa shape index (κ2) is 9.27. The topological polar surface area (TPSA) is 73.6 Å². The number of halogens is 1. The van der Waals surface area contributed by atoms with Gasteiger partial charge in [-0.2, -0.15) is 0 Å². The Bertz CT molecular complexity index is 882. The van der Waals surface area contributed by atoms with Gasteiger partial charge in [0.2, 0.25) is 5.91 Å². The zero-order chi connectivity index (χ0) is 24.6. The van der Waals surface area contributed by atoms with Gasteiger partial charge in [0.25, 0.3) is 0 Å². The monoisotopic (exact) mass is 472 g/mol. The fourth-order valence-corrected chi connectivity index (χ4v) is 6.71. The number of ether oxygens (including phenoxy) is 2. The maximum Gasteiger partial charge on any atom is 0.226 e. The smallest absolute Gasteiger partial charge is 0.226 e. The minimum Gasteiger partial charge on any atom is -0.489 e. The Kier molecular flexibility index (Phi) is 6.87. The van der Waals surface area contributed by atoms with Crippen LogP contribution in [0.4, 0.5) is 4.39 Å². The normalized spacial score (nSPS) is 30.7. The van der Waals surface area contributed by atoms with Gasteiger partial charge in [-0.05, 0) is 102 Å². The van der Waals surface area contributed by atoms with E-state index in [1.54, 1.807) is 0 Å². The molecule has 5 nitrogen and oxygen atoms in total. The summed E-state index contributed by atoms with van der Waals surface area (Å²) in [4.78, 5) is 13.5. The molecule has 3 N–H and O–H groups in total. The van der Waals surface area contributed by atoms with Crippen LogP contribution in [0.3, 0.4) is 0 Å². The first kappa shape index (κ1) is 25.2. The van der Waals surface area contributed by atoms with Crippen LogP contribution in [0.1, 0.15) is 84.6 Å². The van der Waals surface area contributed by atoms with Crippen LogP contribution in [-0.2, 0) is 14.9 Å². The number of hydrogen-bond acceptors (Lipinski definition) is 4. The average molecular weight is 473 g/mol. The van der Waals surface area contributed by atoms with E-state index in [2.05, 4.69) is 45.1 Å². The van der Waals surface area contributed by atoms with Gasteiger partial charge in [-0.1, -0.05) is 12.1 Å². The molecule has 0 unspecified atom stereocenters. The van der Waals surface area contributed by atoms with Crippen molar-refractivity contribution in [1.82, 2.24) is 5.32 Å². The van der Waals surface area contributed by atoms with E-state index in [-0.39, 0.29) is 47.1 Å². The Hall–Kier alpha value is -1.92. The molecule has 1 heterocycles. The molecule has 4 aliphatic rings. The molecule has 0 spiro atoms. The van der Waals surface area contributed by atoms with Crippen molar-refractivity contribution in [1.29, 1.82) is 0 Å². The number of rotatable bonds is 7. The lowest BCUT2D eigenvalue weighted by atomic mass is 9.51. The summed E-state index contributed by atoms with van der Waals surface area (Å²) in [6, 6.07) is 8.37.